The topological polar surface area (TPSA) is 17.0 Å². The van der Waals surface area contributed by atoms with Crippen LogP contribution in [0.5, 0.6) is 0 Å². The normalized spacial score (nSPS) is 11.8. The third-order valence-electron chi connectivity index (χ3n) is 3.12. The summed E-state index contributed by atoms with van der Waals surface area (Å²) in [5.41, 5.74) is 4.16. The average Bonchev–Trinajstić information content (AvgIpc) is 2.77. The van der Waals surface area contributed by atoms with Gasteiger partial charge in [0.15, 0.2) is 0 Å². The van der Waals surface area contributed by atoms with E-state index in [-0.39, 0.29) is 5.54 Å². The minimum atomic E-state index is 0.166. The first-order valence-electron chi connectivity index (χ1n) is 6.88. The van der Waals surface area contributed by atoms with Gasteiger partial charge in [0, 0.05) is 31.0 Å². The van der Waals surface area contributed by atoms with Crippen LogP contribution in [-0.2, 0) is 13.1 Å². The van der Waals surface area contributed by atoms with Crippen molar-refractivity contribution in [1.82, 2.24) is 9.88 Å². The molecular formula is C17H24N2. The summed E-state index contributed by atoms with van der Waals surface area (Å²) >= 11 is 0. The summed E-state index contributed by atoms with van der Waals surface area (Å²) < 4.78 is 2.24. The molecule has 0 saturated carbocycles. The summed E-state index contributed by atoms with van der Waals surface area (Å²) in [5.74, 6) is 0. The number of rotatable bonds is 4. The largest absolute Gasteiger partial charge is 0.350 e. The Bertz CT molecular complexity index is 515. The fourth-order valence-electron chi connectivity index (χ4n) is 1.96. The van der Waals surface area contributed by atoms with E-state index in [9.17, 15) is 0 Å². The Labute approximate surface area is 116 Å². The van der Waals surface area contributed by atoms with Crippen LogP contribution in [0.15, 0.2) is 42.7 Å². The SMILES string of the molecule is Cc1ccc(Cn2ccc(CNC(C)(C)C)c2)cc1. The molecule has 0 atom stereocenters. The Morgan fingerprint density at radius 3 is 2.32 bits per heavy atom. The maximum atomic E-state index is 3.51. The molecule has 0 spiro atoms. The van der Waals surface area contributed by atoms with Crippen LogP contribution in [0, 0.1) is 6.92 Å². The second kappa shape index (κ2) is 5.62. The molecular weight excluding hydrogens is 232 g/mol. The summed E-state index contributed by atoms with van der Waals surface area (Å²) in [6.45, 7) is 10.6. The minimum absolute atomic E-state index is 0.166. The summed E-state index contributed by atoms with van der Waals surface area (Å²) in [6, 6.07) is 10.9. The van der Waals surface area contributed by atoms with Gasteiger partial charge in [-0.1, -0.05) is 29.8 Å². The Kier molecular flexibility index (Phi) is 4.11. The van der Waals surface area contributed by atoms with E-state index in [0.717, 1.165) is 13.1 Å². The lowest BCUT2D eigenvalue weighted by molar-refractivity contribution is 0.424. The molecule has 0 unspecified atom stereocenters. The van der Waals surface area contributed by atoms with Gasteiger partial charge in [-0.3, -0.25) is 0 Å². The van der Waals surface area contributed by atoms with E-state index < -0.39 is 0 Å². The predicted molar refractivity (Wildman–Crippen MR) is 81.3 cm³/mol. The molecule has 0 aliphatic rings. The fourth-order valence-corrected chi connectivity index (χ4v) is 1.96. The highest BCUT2D eigenvalue weighted by Crippen LogP contribution is 2.09. The Morgan fingerprint density at radius 2 is 1.68 bits per heavy atom. The van der Waals surface area contributed by atoms with Crippen molar-refractivity contribution in [2.45, 2.75) is 46.3 Å². The maximum Gasteiger partial charge on any atom is 0.0470 e. The lowest BCUT2D eigenvalue weighted by Crippen LogP contribution is -2.34. The quantitative estimate of drug-likeness (QED) is 0.882. The van der Waals surface area contributed by atoms with Crippen LogP contribution < -0.4 is 5.32 Å². The standard InChI is InChI=1S/C17H24N2/c1-14-5-7-15(8-6-14)12-19-10-9-16(13-19)11-18-17(2,3)4/h5-10,13,18H,11-12H2,1-4H3. The summed E-state index contributed by atoms with van der Waals surface area (Å²) in [5, 5.41) is 3.51. The van der Waals surface area contributed by atoms with Gasteiger partial charge < -0.3 is 9.88 Å². The van der Waals surface area contributed by atoms with Crippen molar-refractivity contribution in [3.05, 3.63) is 59.4 Å². The molecule has 1 aromatic heterocycles. The number of aryl methyl sites for hydroxylation is 1. The zero-order valence-corrected chi connectivity index (χ0v) is 12.4. The molecule has 2 nitrogen and oxygen atoms in total. The molecule has 2 heteroatoms. The number of benzene rings is 1. The average molecular weight is 256 g/mol. The molecule has 0 fully saturated rings. The van der Waals surface area contributed by atoms with E-state index in [0.29, 0.717) is 0 Å². The van der Waals surface area contributed by atoms with Gasteiger partial charge in [-0.25, -0.2) is 0 Å². The minimum Gasteiger partial charge on any atom is -0.350 e. The Hall–Kier alpha value is -1.54. The van der Waals surface area contributed by atoms with Gasteiger partial charge in [0.25, 0.3) is 0 Å². The molecule has 0 bridgehead atoms. The molecule has 1 aromatic carbocycles. The van der Waals surface area contributed by atoms with E-state index in [2.05, 4.69) is 80.3 Å². The molecule has 0 amide bonds. The maximum absolute atomic E-state index is 3.51. The van der Waals surface area contributed by atoms with Crippen LogP contribution >= 0.6 is 0 Å². The number of nitrogens with zero attached hydrogens (tertiary/aromatic N) is 1. The molecule has 2 rings (SSSR count). The smallest absolute Gasteiger partial charge is 0.0470 e. The van der Waals surface area contributed by atoms with Crippen molar-refractivity contribution in [3.8, 4) is 0 Å². The third-order valence-corrected chi connectivity index (χ3v) is 3.12. The van der Waals surface area contributed by atoms with Crippen LogP contribution in [0.25, 0.3) is 0 Å². The lowest BCUT2D eigenvalue weighted by atomic mass is 10.1. The first-order chi connectivity index (χ1) is 8.92. The molecule has 102 valence electrons. The van der Waals surface area contributed by atoms with Crippen LogP contribution in [0.2, 0.25) is 0 Å². The van der Waals surface area contributed by atoms with Crippen LogP contribution in [0.4, 0.5) is 0 Å². The molecule has 1 N–H and O–H groups in total. The monoisotopic (exact) mass is 256 g/mol. The van der Waals surface area contributed by atoms with Crippen molar-refractivity contribution < 1.29 is 0 Å². The molecule has 19 heavy (non-hydrogen) atoms. The van der Waals surface area contributed by atoms with Gasteiger partial charge in [0.1, 0.15) is 0 Å². The zero-order chi connectivity index (χ0) is 13.9. The highest BCUT2D eigenvalue weighted by Gasteiger charge is 2.08. The summed E-state index contributed by atoms with van der Waals surface area (Å²) in [4.78, 5) is 0. The third kappa shape index (κ3) is 4.56. The molecule has 0 aliphatic heterocycles. The Balaban J connectivity index is 1.95. The number of hydrogen-bond acceptors (Lipinski definition) is 1. The van der Waals surface area contributed by atoms with Crippen molar-refractivity contribution in [3.63, 3.8) is 0 Å². The summed E-state index contributed by atoms with van der Waals surface area (Å²) in [7, 11) is 0. The zero-order valence-electron chi connectivity index (χ0n) is 12.4. The van der Waals surface area contributed by atoms with Crippen molar-refractivity contribution in [2.24, 2.45) is 0 Å². The molecule has 0 aliphatic carbocycles. The molecule has 0 radical (unpaired) electrons. The number of nitrogens with one attached hydrogen (secondary N) is 1. The fraction of sp³-hybridized carbons (Fsp3) is 0.412. The Morgan fingerprint density at radius 1 is 1.00 bits per heavy atom. The van der Waals surface area contributed by atoms with E-state index in [4.69, 9.17) is 0 Å². The first-order valence-corrected chi connectivity index (χ1v) is 6.88. The summed E-state index contributed by atoms with van der Waals surface area (Å²) in [6.07, 6.45) is 4.37. The van der Waals surface area contributed by atoms with Crippen LogP contribution in [-0.4, -0.2) is 10.1 Å². The first kappa shape index (κ1) is 13.9. The van der Waals surface area contributed by atoms with Crippen molar-refractivity contribution in [1.29, 1.82) is 0 Å². The lowest BCUT2D eigenvalue weighted by Gasteiger charge is -2.19. The number of hydrogen-bond donors (Lipinski definition) is 1. The highest BCUT2D eigenvalue weighted by atomic mass is 15.0. The van der Waals surface area contributed by atoms with Gasteiger partial charge >= 0.3 is 0 Å². The van der Waals surface area contributed by atoms with Crippen LogP contribution in [0.3, 0.4) is 0 Å². The van der Waals surface area contributed by atoms with Gasteiger partial charge in [0.05, 0.1) is 0 Å². The van der Waals surface area contributed by atoms with E-state index in [1.807, 2.05) is 0 Å². The highest BCUT2D eigenvalue weighted by molar-refractivity contribution is 5.22. The molecule has 1 heterocycles. The van der Waals surface area contributed by atoms with Crippen LogP contribution in [0.1, 0.15) is 37.5 Å². The van der Waals surface area contributed by atoms with Gasteiger partial charge in [-0.2, -0.15) is 0 Å². The predicted octanol–water partition coefficient (Wildman–Crippen LogP) is 3.73. The van der Waals surface area contributed by atoms with E-state index >= 15 is 0 Å². The number of aromatic nitrogens is 1. The van der Waals surface area contributed by atoms with Crippen molar-refractivity contribution >= 4 is 0 Å². The van der Waals surface area contributed by atoms with Gasteiger partial charge in [-0.15, -0.1) is 0 Å². The molecule has 0 saturated heterocycles. The van der Waals surface area contributed by atoms with Crippen molar-refractivity contribution in [2.75, 3.05) is 0 Å². The van der Waals surface area contributed by atoms with Gasteiger partial charge in [-0.05, 0) is 44.9 Å². The van der Waals surface area contributed by atoms with E-state index in [1.54, 1.807) is 0 Å². The molecule has 2 aromatic rings. The van der Waals surface area contributed by atoms with E-state index in [1.165, 1.54) is 16.7 Å². The second-order valence-electron chi connectivity index (χ2n) is 6.28. The van der Waals surface area contributed by atoms with Gasteiger partial charge in [0.2, 0.25) is 0 Å². The second-order valence-corrected chi connectivity index (χ2v) is 6.28.